The fraction of sp³-hybridized carbons (Fsp3) is 0.143. The minimum absolute atomic E-state index is 0.00810. The van der Waals surface area contributed by atoms with E-state index in [0.29, 0.717) is 0 Å². The smallest absolute Gasteiger partial charge is 0.144 e. The number of halogens is 4. The fourth-order valence-corrected chi connectivity index (χ4v) is 1.06. The Labute approximate surface area is 72.7 Å². The second-order valence-corrected chi connectivity index (χ2v) is 2.67. The van der Waals surface area contributed by atoms with E-state index in [-0.39, 0.29) is 16.5 Å². The molecule has 0 amide bonds. The first-order valence-electron chi connectivity index (χ1n) is 2.84. The van der Waals surface area contributed by atoms with Crippen molar-refractivity contribution in [2.24, 2.45) is 0 Å². The monoisotopic (exact) mass is 196 g/mol. The van der Waals surface area contributed by atoms with Gasteiger partial charge in [0.05, 0.1) is 10.9 Å². The SMILES string of the molecule is Fc1cc(F)c(CCl)cc1Cl. The first-order valence-corrected chi connectivity index (χ1v) is 3.75. The molecule has 0 nitrogen and oxygen atoms in total. The summed E-state index contributed by atoms with van der Waals surface area (Å²) in [6.07, 6.45) is 0. The molecule has 11 heavy (non-hydrogen) atoms. The van der Waals surface area contributed by atoms with E-state index >= 15 is 0 Å². The maximum atomic E-state index is 12.6. The van der Waals surface area contributed by atoms with Crippen LogP contribution < -0.4 is 0 Å². The molecule has 0 atom stereocenters. The van der Waals surface area contributed by atoms with Crippen LogP contribution in [-0.2, 0) is 5.88 Å². The van der Waals surface area contributed by atoms with E-state index in [0.717, 1.165) is 6.07 Å². The van der Waals surface area contributed by atoms with Gasteiger partial charge in [-0.25, -0.2) is 8.78 Å². The van der Waals surface area contributed by atoms with E-state index in [9.17, 15) is 8.78 Å². The third-order valence-electron chi connectivity index (χ3n) is 1.23. The molecule has 0 aliphatic rings. The van der Waals surface area contributed by atoms with Gasteiger partial charge in [-0.15, -0.1) is 11.6 Å². The van der Waals surface area contributed by atoms with Gasteiger partial charge in [0.2, 0.25) is 0 Å². The fourth-order valence-electron chi connectivity index (χ4n) is 0.666. The maximum Gasteiger partial charge on any atom is 0.144 e. The average Bonchev–Trinajstić information content (AvgIpc) is 1.97. The minimum Gasteiger partial charge on any atom is -0.207 e. The number of alkyl halides is 1. The van der Waals surface area contributed by atoms with Crippen molar-refractivity contribution in [2.75, 3.05) is 0 Å². The van der Waals surface area contributed by atoms with Gasteiger partial charge in [0.1, 0.15) is 11.6 Å². The van der Waals surface area contributed by atoms with E-state index in [1.165, 1.54) is 6.07 Å². The Morgan fingerprint density at radius 2 is 1.82 bits per heavy atom. The summed E-state index contributed by atoms with van der Waals surface area (Å²) < 4.78 is 25.1. The second kappa shape index (κ2) is 3.37. The Kier molecular flexibility index (Phi) is 2.68. The molecule has 1 aromatic carbocycles. The predicted octanol–water partition coefficient (Wildman–Crippen LogP) is 3.36. The Morgan fingerprint density at radius 1 is 1.18 bits per heavy atom. The van der Waals surface area contributed by atoms with Gasteiger partial charge in [0, 0.05) is 11.6 Å². The Bertz CT molecular complexity index is 273. The van der Waals surface area contributed by atoms with Crippen LogP contribution in [0.1, 0.15) is 5.56 Å². The summed E-state index contributed by atoms with van der Waals surface area (Å²) in [6.45, 7) is 0. The van der Waals surface area contributed by atoms with Crippen molar-refractivity contribution in [3.05, 3.63) is 34.4 Å². The molecule has 0 saturated carbocycles. The van der Waals surface area contributed by atoms with Gasteiger partial charge >= 0.3 is 0 Å². The summed E-state index contributed by atoms with van der Waals surface area (Å²) in [6, 6.07) is 1.90. The highest BCUT2D eigenvalue weighted by Crippen LogP contribution is 2.20. The van der Waals surface area contributed by atoms with Crippen LogP contribution in [0.3, 0.4) is 0 Å². The Hall–Kier alpha value is -0.340. The molecule has 0 aromatic heterocycles. The van der Waals surface area contributed by atoms with E-state index in [2.05, 4.69) is 0 Å². The predicted molar refractivity (Wildman–Crippen MR) is 40.9 cm³/mol. The molecule has 0 radical (unpaired) electrons. The molecule has 0 N–H and O–H groups in total. The maximum absolute atomic E-state index is 12.6. The minimum atomic E-state index is -0.766. The van der Waals surface area contributed by atoms with Crippen LogP contribution in [-0.4, -0.2) is 0 Å². The number of benzene rings is 1. The van der Waals surface area contributed by atoms with E-state index in [1.807, 2.05) is 0 Å². The molecule has 0 aliphatic carbocycles. The van der Waals surface area contributed by atoms with Gasteiger partial charge in [0.15, 0.2) is 0 Å². The summed E-state index contributed by atoms with van der Waals surface area (Å²) in [5.74, 6) is -1.44. The molecule has 0 spiro atoms. The van der Waals surface area contributed by atoms with E-state index in [4.69, 9.17) is 23.2 Å². The van der Waals surface area contributed by atoms with Gasteiger partial charge in [0.25, 0.3) is 0 Å². The van der Waals surface area contributed by atoms with Crippen LogP contribution in [0.4, 0.5) is 8.78 Å². The van der Waals surface area contributed by atoms with Crippen molar-refractivity contribution in [2.45, 2.75) is 5.88 Å². The lowest BCUT2D eigenvalue weighted by Crippen LogP contribution is -1.88. The van der Waals surface area contributed by atoms with Crippen molar-refractivity contribution in [3.8, 4) is 0 Å². The van der Waals surface area contributed by atoms with E-state index in [1.54, 1.807) is 0 Å². The highest BCUT2D eigenvalue weighted by Gasteiger charge is 2.06. The van der Waals surface area contributed by atoms with Crippen molar-refractivity contribution in [1.29, 1.82) is 0 Å². The largest absolute Gasteiger partial charge is 0.207 e. The number of rotatable bonds is 1. The van der Waals surface area contributed by atoms with Crippen molar-refractivity contribution < 1.29 is 8.78 Å². The summed E-state index contributed by atoms with van der Waals surface area (Å²) >= 11 is 10.7. The first-order chi connectivity index (χ1) is 5.15. The highest BCUT2D eigenvalue weighted by atomic mass is 35.5. The molecule has 1 rings (SSSR count). The quantitative estimate of drug-likeness (QED) is 0.478. The molecular weight excluding hydrogens is 193 g/mol. The zero-order chi connectivity index (χ0) is 8.43. The molecule has 0 aliphatic heterocycles. The first kappa shape index (κ1) is 8.75. The molecule has 0 saturated heterocycles. The van der Waals surface area contributed by atoms with Crippen LogP contribution in [0.5, 0.6) is 0 Å². The molecule has 4 heteroatoms. The van der Waals surface area contributed by atoms with Gasteiger partial charge in [-0.05, 0) is 6.07 Å². The standard InChI is InChI=1S/C7H4Cl2F2/c8-3-4-1-5(9)7(11)2-6(4)10/h1-2H,3H2. The zero-order valence-corrected chi connectivity index (χ0v) is 6.89. The summed E-state index contributed by atoms with van der Waals surface area (Å²) in [5.41, 5.74) is 0.207. The van der Waals surface area contributed by atoms with Crippen molar-refractivity contribution in [3.63, 3.8) is 0 Å². The van der Waals surface area contributed by atoms with Gasteiger partial charge < -0.3 is 0 Å². The highest BCUT2D eigenvalue weighted by molar-refractivity contribution is 6.30. The summed E-state index contributed by atoms with van der Waals surface area (Å²) in [5, 5.41) is -0.109. The number of hydrogen-bond donors (Lipinski definition) is 0. The average molecular weight is 197 g/mol. The Morgan fingerprint density at radius 3 is 2.36 bits per heavy atom. The molecule has 0 heterocycles. The third kappa shape index (κ3) is 1.82. The summed E-state index contributed by atoms with van der Waals surface area (Å²) in [4.78, 5) is 0. The molecule has 0 fully saturated rings. The zero-order valence-electron chi connectivity index (χ0n) is 5.37. The summed E-state index contributed by atoms with van der Waals surface area (Å²) in [7, 11) is 0. The second-order valence-electron chi connectivity index (χ2n) is 1.99. The van der Waals surface area contributed by atoms with Crippen LogP contribution in [0.15, 0.2) is 12.1 Å². The van der Waals surface area contributed by atoms with Crippen molar-refractivity contribution in [1.82, 2.24) is 0 Å². The van der Waals surface area contributed by atoms with Gasteiger partial charge in [-0.2, -0.15) is 0 Å². The molecule has 0 bridgehead atoms. The van der Waals surface area contributed by atoms with Crippen molar-refractivity contribution >= 4 is 23.2 Å². The van der Waals surface area contributed by atoms with E-state index < -0.39 is 11.6 Å². The molecular formula is C7H4Cl2F2. The van der Waals surface area contributed by atoms with Gasteiger partial charge in [-0.1, -0.05) is 11.6 Å². The molecule has 60 valence electrons. The Balaban J connectivity index is 3.21. The third-order valence-corrected chi connectivity index (χ3v) is 1.81. The molecule has 1 aromatic rings. The van der Waals surface area contributed by atoms with Gasteiger partial charge in [-0.3, -0.25) is 0 Å². The topological polar surface area (TPSA) is 0 Å². The lowest BCUT2D eigenvalue weighted by atomic mass is 10.2. The van der Waals surface area contributed by atoms with Crippen LogP contribution in [0, 0.1) is 11.6 Å². The van der Waals surface area contributed by atoms with Crippen LogP contribution >= 0.6 is 23.2 Å². The lowest BCUT2D eigenvalue weighted by Gasteiger charge is -1.99. The number of hydrogen-bond acceptors (Lipinski definition) is 0. The van der Waals surface area contributed by atoms with Crippen LogP contribution in [0.25, 0.3) is 0 Å². The normalized spacial score (nSPS) is 10.2. The molecule has 0 unspecified atom stereocenters. The lowest BCUT2D eigenvalue weighted by molar-refractivity contribution is 0.577. The van der Waals surface area contributed by atoms with Crippen LogP contribution in [0.2, 0.25) is 5.02 Å².